The number of aromatic nitrogens is 4. The van der Waals surface area contributed by atoms with E-state index < -0.39 is 0 Å². The van der Waals surface area contributed by atoms with Gasteiger partial charge in [0.2, 0.25) is 11.9 Å². The first-order chi connectivity index (χ1) is 13.9. The highest BCUT2D eigenvalue weighted by atomic mass is 16.2. The zero-order chi connectivity index (χ0) is 20.7. The van der Waals surface area contributed by atoms with Crippen molar-refractivity contribution in [2.75, 3.05) is 5.32 Å². The fraction of sp³-hybridized carbons (Fsp3) is 0.227. The first-order valence-electron chi connectivity index (χ1n) is 9.51. The highest BCUT2D eigenvalue weighted by Gasteiger charge is 2.18. The van der Waals surface area contributed by atoms with Crippen LogP contribution < -0.4 is 11.0 Å². The molecule has 2 N–H and O–H groups in total. The number of imidazole rings is 2. The summed E-state index contributed by atoms with van der Waals surface area (Å²) in [6.45, 7) is 5.44. The van der Waals surface area contributed by atoms with Crippen molar-refractivity contribution in [1.82, 2.24) is 19.1 Å². The number of fused-ring (bicyclic) bond motifs is 1. The predicted octanol–water partition coefficient (Wildman–Crippen LogP) is 3.94. The Kier molecular flexibility index (Phi) is 4.58. The lowest BCUT2D eigenvalue weighted by Gasteiger charge is -2.07. The molecule has 1 amide bonds. The maximum atomic E-state index is 12.6. The summed E-state index contributed by atoms with van der Waals surface area (Å²) in [5.41, 5.74) is 5.02. The van der Waals surface area contributed by atoms with Crippen molar-refractivity contribution in [1.29, 1.82) is 0 Å². The van der Waals surface area contributed by atoms with E-state index >= 15 is 0 Å². The van der Waals surface area contributed by atoms with Gasteiger partial charge in [-0.15, -0.1) is 0 Å². The van der Waals surface area contributed by atoms with E-state index in [-0.39, 0.29) is 17.6 Å². The van der Waals surface area contributed by atoms with Gasteiger partial charge in [0.1, 0.15) is 0 Å². The molecule has 4 aromatic rings. The average Bonchev–Trinajstić information content (AvgIpc) is 3.21. The molecule has 2 heterocycles. The van der Waals surface area contributed by atoms with Crippen LogP contribution >= 0.6 is 0 Å². The smallest absolute Gasteiger partial charge is 0.323 e. The molecular formula is C22H23N5O2. The zero-order valence-corrected chi connectivity index (χ0v) is 16.9. The minimum absolute atomic E-state index is 0.0450. The molecule has 0 radical (unpaired) electrons. The minimum Gasteiger partial charge on any atom is -0.323 e. The van der Waals surface area contributed by atoms with Crippen molar-refractivity contribution >= 4 is 22.9 Å². The molecule has 0 fully saturated rings. The van der Waals surface area contributed by atoms with E-state index in [2.05, 4.69) is 15.3 Å². The average molecular weight is 389 g/mol. The highest BCUT2D eigenvalue weighted by Crippen LogP contribution is 2.33. The fourth-order valence-electron chi connectivity index (χ4n) is 3.63. The van der Waals surface area contributed by atoms with E-state index in [0.29, 0.717) is 11.6 Å². The summed E-state index contributed by atoms with van der Waals surface area (Å²) in [6.07, 6.45) is 0. The molecule has 7 nitrogen and oxygen atoms in total. The predicted molar refractivity (Wildman–Crippen MR) is 115 cm³/mol. The highest BCUT2D eigenvalue weighted by molar-refractivity contribution is 5.90. The number of rotatable bonds is 4. The van der Waals surface area contributed by atoms with E-state index in [9.17, 15) is 9.59 Å². The molecule has 0 spiro atoms. The standard InChI is InChI=1S/C22H23N5O2/c1-13(2)27-17-11-10-16(12-18(17)26(4)22(27)29)20-19(15-8-6-5-7-9-15)24-21(25-20)23-14(3)28/h5-13H,1-4H3,(H2,23,24,25,28). The third-order valence-corrected chi connectivity index (χ3v) is 4.94. The van der Waals surface area contributed by atoms with Crippen molar-refractivity contribution < 1.29 is 4.79 Å². The summed E-state index contributed by atoms with van der Waals surface area (Å²) in [6, 6.07) is 15.8. The summed E-state index contributed by atoms with van der Waals surface area (Å²) < 4.78 is 3.44. The molecule has 29 heavy (non-hydrogen) atoms. The van der Waals surface area contributed by atoms with E-state index in [4.69, 9.17) is 0 Å². The van der Waals surface area contributed by atoms with Gasteiger partial charge >= 0.3 is 5.69 Å². The van der Waals surface area contributed by atoms with Gasteiger partial charge in [0, 0.05) is 31.1 Å². The van der Waals surface area contributed by atoms with Gasteiger partial charge in [-0.05, 0) is 26.0 Å². The van der Waals surface area contributed by atoms with Crippen LogP contribution in [0.5, 0.6) is 0 Å². The van der Waals surface area contributed by atoms with E-state index in [1.165, 1.54) is 6.92 Å². The lowest BCUT2D eigenvalue weighted by atomic mass is 10.0. The molecule has 0 atom stereocenters. The van der Waals surface area contributed by atoms with Crippen LogP contribution in [0.15, 0.2) is 53.3 Å². The number of hydrogen-bond acceptors (Lipinski definition) is 3. The second kappa shape index (κ2) is 7.09. The zero-order valence-electron chi connectivity index (χ0n) is 16.9. The number of nitrogens with zero attached hydrogens (tertiary/aromatic N) is 3. The Balaban J connectivity index is 1.93. The molecule has 0 aliphatic rings. The second-order valence-electron chi connectivity index (χ2n) is 7.37. The molecule has 0 unspecified atom stereocenters. The monoisotopic (exact) mass is 389 g/mol. The van der Waals surface area contributed by atoms with Crippen molar-refractivity contribution in [3.05, 3.63) is 59.0 Å². The quantitative estimate of drug-likeness (QED) is 0.554. The lowest BCUT2D eigenvalue weighted by Crippen LogP contribution is -2.23. The number of amides is 1. The molecule has 0 aliphatic carbocycles. The molecule has 2 aromatic heterocycles. The van der Waals surface area contributed by atoms with Gasteiger partial charge in [-0.25, -0.2) is 9.78 Å². The van der Waals surface area contributed by atoms with E-state index in [1.54, 1.807) is 16.2 Å². The molecule has 0 saturated carbocycles. The first-order valence-corrected chi connectivity index (χ1v) is 9.51. The van der Waals surface area contributed by atoms with Gasteiger partial charge < -0.3 is 4.98 Å². The van der Waals surface area contributed by atoms with E-state index in [0.717, 1.165) is 27.9 Å². The topological polar surface area (TPSA) is 84.7 Å². The molecule has 7 heteroatoms. The van der Waals surface area contributed by atoms with Crippen LogP contribution in [0, 0.1) is 0 Å². The van der Waals surface area contributed by atoms with Crippen LogP contribution in [0.4, 0.5) is 5.95 Å². The largest absolute Gasteiger partial charge is 0.329 e. The number of carbonyl (C=O) groups is 1. The van der Waals surface area contributed by atoms with Crippen LogP contribution in [0.25, 0.3) is 33.5 Å². The Bertz CT molecular complexity index is 1260. The van der Waals surface area contributed by atoms with Gasteiger partial charge in [-0.2, -0.15) is 0 Å². The van der Waals surface area contributed by atoms with Crippen molar-refractivity contribution in [2.24, 2.45) is 7.05 Å². The Morgan fingerprint density at radius 1 is 1.07 bits per heavy atom. The summed E-state index contributed by atoms with van der Waals surface area (Å²) in [4.78, 5) is 32.0. The van der Waals surface area contributed by atoms with Gasteiger partial charge in [0.05, 0.1) is 22.4 Å². The first kappa shape index (κ1) is 18.7. The van der Waals surface area contributed by atoms with Crippen LogP contribution in [0.2, 0.25) is 0 Å². The van der Waals surface area contributed by atoms with Crippen LogP contribution in [0.3, 0.4) is 0 Å². The minimum atomic E-state index is -0.197. The summed E-state index contributed by atoms with van der Waals surface area (Å²) >= 11 is 0. The Labute approximate surface area is 168 Å². The Hall–Kier alpha value is -3.61. The number of aryl methyl sites for hydroxylation is 1. The second-order valence-corrected chi connectivity index (χ2v) is 7.37. The molecule has 0 saturated heterocycles. The molecule has 4 rings (SSSR count). The SMILES string of the molecule is CC(=O)Nc1nc(-c2ccc3c(c2)n(C)c(=O)n3C(C)C)c(-c2ccccc2)[nH]1. The number of carbonyl (C=O) groups excluding carboxylic acids is 1. The van der Waals surface area contributed by atoms with Crippen LogP contribution in [0.1, 0.15) is 26.8 Å². The van der Waals surface area contributed by atoms with Gasteiger partial charge in [0.15, 0.2) is 0 Å². The summed E-state index contributed by atoms with van der Waals surface area (Å²) in [7, 11) is 1.78. The van der Waals surface area contributed by atoms with Gasteiger partial charge in [-0.1, -0.05) is 36.4 Å². The number of H-pyrrole nitrogens is 1. The number of benzene rings is 2. The third-order valence-electron chi connectivity index (χ3n) is 4.94. The third kappa shape index (κ3) is 3.24. The number of nitrogens with one attached hydrogen (secondary N) is 2. The Morgan fingerprint density at radius 3 is 2.45 bits per heavy atom. The van der Waals surface area contributed by atoms with E-state index in [1.807, 2.05) is 62.4 Å². The molecule has 0 bridgehead atoms. The molecule has 2 aromatic carbocycles. The fourth-order valence-corrected chi connectivity index (χ4v) is 3.63. The summed E-state index contributed by atoms with van der Waals surface area (Å²) in [5, 5.41) is 2.72. The molecular weight excluding hydrogens is 366 g/mol. The van der Waals surface area contributed by atoms with Crippen molar-refractivity contribution in [2.45, 2.75) is 26.8 Å². The normalized spacial score (nSPS) is 11.3. The van der Waals surface area contributed by atoms with Crippen molar-refractivity contribution in [3.63, 3.8) is 0 Å². The lowest BCUT2D eigenvalue weighted by molar-refractivity contribution is -0.114. The Morgan fingerprint density at radius 2 is 1.79 bits per heavy atom. The summed E-state index contributed by atoms with van der Waals surface area (Å²) in [5.74, 6) is 0.192. The van der Waals surface area contributed by atoms with Gasteiger partial charge in [-0.3, -0.25) is 19.2 Å². The van der Waals surface area contributed by atoms with Crippen molar-refractivity contribution in [3.8, 4) is 22.5 Å². The van der Waals surface area contributed by atoms with Gasteiger partial charge in [0.25, 0.3) is 0 Å². The van der Waals surface area contributed by atoms with Crippen LogP contribution in [-0.2, 0) is 11.8 Å². The molecule has 0 aliphatic heterocycles. The maximum Gasteiger partial charge on any atom is 0.329 e. The van der Waals surface area contributed by atoms with Crippen LogP contribution in [-0.4, -0.2) is 25.0 Å². The maximum absolute atomic E-state index is 12.6. The number of anilines is 1. The number of aromatic amines is 1. The number of hydrogen-bond donors (Lipinski definition) is 2. The molecule has 148 valence electrons.